The highest BCUT2D eigenvalue weighted by Gasteiger charge is 2.54. The number of hydrogen-bond donors (Lipinski definition) is 1. The number of ether oxygens (including phenoxy) is 1. The van der Waals surface area contributed by atoms with Crippen LogP contribution < -0.4 is 5.32 Å². The molecule has 0 aromatic rings. The highest BCUT2D eigenvalue weighted by Crippen LogP contribution is 2.44. The van der Waals surface area contributed by atoms with Gasteiger partial charge in [-0.3, -0.25) is 4.79 Å². The van der Waals surface area contributed by atoms with Crippen LogP contribution in [0.1, 0.15) is 69.2 Å². The van der Waals surface area contributed by atoms with Gasteiger partial charge in [-0.2, -0.15) is 0 Å². The van der Waals surface area contributed by atoms with E-state index in [4.69, 9.17) is 18.0 Å². The summed E-state index contributed by atoms with van der Waals surface area (Å²) in [6.07, 6.45) is -1.31. The molecule has 1 fully saturated rings. The monoisotopic (exact) mass is 673 g/mol. The van der Waals surface area contributed by atoms with Gasteiger partial charge >= 0.3 is 0 Å². The maximum atomic E-state index is 12.1. The molecule has 0 aromatic carbocycles. The topological polar surface area (TPSA) is 66.0 Å². The van der Waals surface area contributed by atoms with Crippen LogP contribution in [0.2, 0.25) is 54.4 Å². The van der Waals surface area contributed by atoms with E-state index in [1.807, 2.05) is 0 Å². The fourth-order valence-corrected chi connectivity index (χ4v) is 8.00. The first kappa shape index (κ1) is 34.7. The molecule has 0 radical (unpaired) electrons. The summed E-state index contributed by atoms with van der Waals surface area (Å²) < 4.78 is 27.5. The number of carbonyl (C=O) groups is 1. The molecule has 1 N–H and O–H groups in total. The Hall–Kier alpha value is 0.691. The van der Waals surface area contributed by atoms with Crippen molar-refractivity contribution in [3.8, 4) is 0 Å². The Morgan fingerprint density at radius 2 is 1.17 bits per heavy atom. The van der Waals surface area contributed by atoms with E-state index in [2.05, 4.69) is 130 Å². The van der Waals surface area contributed by atoms with Gasteiger partial charge in [0.2, 0.25) is 5.91 Å². The SMILES string of the molecule is CC(=O)N[C@H]1O[C@H](CO[Si](C)(C)C(C)(C)C)[C@@H](O[Si](C)(C)C(C)(C)C)[C@H](O[Si](C)(C)C(C)(C)C)[C@@H]1I. The van der Waals surface area contributed by atoms with Crippen LogP contribution in [0.4, 0.5) is 0 Å². The maximum Gasteiger partial charge on any atom is 0.218 e. The molecule has 1 saturated heterocycles. The van der Waals surface area contributed by atoms with Gasteiger partial charge in [-0.15, -0.1) is 0 Å². The first-order valence-corrected chi connectivity index (χ1v) is 23.3. The van der Waals surface area contributed by atoms with Crippen LogP contribution in [0.5, 0.6) is 0 Å². The van der Waals surface area contributed by atoms with Gasteiger partial charge in [-0.05, 0) is 54.4 Å². The molecule has 1 aliphatic heterocycles. The predicted molar refractivity (Wildman–Crippen MR) is 168 cm³/mol. The maximum absolute atomic E-state index is 12.1. The number of hydrogen-bond acceptors (Lipinski definition) is 5. The molecule has 0 aromatic heterocycles. The van der Waals surface area contributed by atoms with Gasteiger partial charge in [0.05, 0.1) is 22.7 Å². The van der Waals surface area contributed by atoms with Crippen molar-refractivity contribution in [1.82, 2.24) is 5.32 Å². The average molecular weight is 674 g/mol. The smallest absolute Gasteiger partial charge is 0.218 e. The van der Waals surface area contributed by atoms with E-state index < -0.39 is 31.2 Å². The summed E-state index contributed by atoms with van der Waals surface area (Å²) in [7, 11) is -6.36. The Morgan fingerprint density at radius 3 is 1.53 bits per heavy atom. The van der Waals surface area contributed by atoms with E-state index in [0.29, 0.717) is 6.61 Å². The third-order valence-electron chi connectivity index (χ3n) is 8.85. The predicted octanol–water partition coefficient (Wildman–Crippen LogP) is 7.45. The van der Waals surface area contributed by atoms with Gasteiger partial charge in [0.25, 0.3) is 0 Å². The van der Waals surface area contributed by atoms with Crippen molar-refractivity contribution in [3.63, 3.8) is 0 Å². The standard InChI is InChI=1S/C26H56INO5Si3/c1-18(29)28-23-20(27)22(33-36(15,16)26(8,9)10)21(32-35(13,14)25(5,6)7)19(31-23)17-30-34(11,12)24(2,3)4/h19-23H,17H2,1-16H3,(H,28,29)/t19-,20+,21-,22-,23+/m1/s1. The molecule has 1 amide bonds. The lowest BCUT2D eigenvalue weighted by Gasteiger charge is -2.52. The molecule has 36 heavy (non-hydrogen) atoms. The Labute approximate surface area is 239 Å². The van der Waals surface area contributed by atoms with Crippen LogP contribution >= 0.6 is 22.6 Å². The lowest BCUT2D eigenvalue weighted by Crippen LogP contribution is -2.67. The van der Waals surface area contributed by atoms with E-state index in [-0.39, 0.29) is 43.3 Å². The summed E-state index contributed by atoms with van der Waals surface area (Å²) in [5, 5.41) is 3.19. The Kier molecular flexibility index (Phi) is 11.2. The summed E-state index contributed by atoms with van der Waals surface area (Å²) in [6.45, 7) is 35.9. The Morgan fingerprint density at radius 1 is 0.778 bits per heavy atom. The quantitative estimate of drug-likeness (QED) is 0.165. The van der Waals surface area contributed by atoms with E-state index >= 15 is 0 Å². The van der Waals surface area contributed by atoms with E-state index in [9.17, 15) is 4.79 Å². The van der Waals surface area contributed by atoms with Crippen molar-refractivity contribution >= 4 is 53.5 Å². The summed E-state index contributed by atoms with van der Waals surface area (Å²) in [4.78, 5) is 12.1. The van der Waals surface area contributed by atoms with Crippen molar-refractivity contribution in [1.29, 1.82) is 0 Å². The minimum atomic E-state index is -2.17. The molecule has 1 aliphatic rings. The highest BCUT2D eigenvalue weighted by molar-refractivity contribution is 14.1. The second-order valence-electron chi connectivity index (χ2n) is 15.0. The second-order valence-corrected chi connectivity index (χ2v) is 30.8. The van der Waals surface area contributed by atoms with E-state index in [0.717, 1.165) is 0 Å². The van der Waals surface area contributed by atoms with Crippen LogP contribution in [0.15, 0.2) is 0 Å². The van der Waals surface area contributed by atoms with Gasteiger partial charge in [0, 0.05) is 6.92 Å². The summed E-state index contributed by atoms with van der Waals surface area (Å²) >= 11 is 2.40. The largest absolute Gasteiger partial charge is 0.414 e. The zero-order chi connectivity index (χ0) is 28.7. The molecule has 0 bridgehead atoms. The molecule has 0 saturated carbocycles. The summed E-state index contributed by atoms with van der Waals surface area (Å²) in [5.41, 5.74) is 0. The van der Waals surface area contributed by atoms with Gasteiger partial charge in [-0.25, -0.2) is 0 Å². The van der Waals surface area contributed by atoms with Crippen LogP contribution in [0.25, 0.3) is 0 Å². The molecule has 10 heteroatoms. The third-order valence-corrected chi connectivity index (χ3v) is 23.7. The van der Waals surface area contributed by atoms with Gasteiger partial charge in [-0.1, -0.05) is 84.9 Å². The van der Waals surface area contributed by atoms with Gasteiger partial charge in [0.15, 0.2) is 25.0 Å². The second kappa shape index (κ2) is 11.7. The van der Waals surface area contributed by atoms with Crippen LogP contribution in [0.3, 0.4) is 0 Å². The molecule has 0 spiro atoms. The third kappa shape index (κ3) is 8.59. The molecule has 5 atom stereocenters. The molecule has 1 rings (SSSR count). The molecule has 214 valence electrons. The van der Waals surface area contributed by atoms with Gasteiger partial charge < -0.3 is 23.3 Å². The number of amides is 1. The number of halogens is 1. The number of alkyl halides is 1. The molecular formula is C26H56INO5Si3. The van der Waals surface area contributed by atoms with Crippen molar-refractivity contribution in [2.24, 2.45) is 0 Å². The van der Waals surface area contributed by atoms with E-state index in [1.54, 1.807) is 0 Å². The lowest BCUT2D eigenvalue weighted by molar-refractivity contribution is -0.173. The number of rotatable bonds is 8. The lowest BCUT2D eigenvalue weighted by atomic mass is 10.0. The molecule has 0 aliphatic carbocycles. The first-order valence-electron chi connectivity index (χ1n) is 13.3. The summed E-state index contributed by atoms with van der Waals surface area (Å²) in [6, 6.07) is 0. The summed E-state index contributed by atoms with van der Waals surface area (Å²) in [5.74, 6) is -0.111. The van der Waals surface area contributed by atoms with Crippen molar-refractivity contribution < 1.29 is 22.8 Å². The van der Waals surface area contributed by atoms with E-state index in [1.165, 1.54) is 6.92 Å². The van der Waals surface area contributed by atoms with Crippen LogP contribution in [-0.4, -0.2) is 65.9 Å². The molecular weight excluding hydrogens is 617 g/mol. The van der Waals surface area contributed by atoms with Crippen molar-refractivity contribution in [2.75, 3.05) is 6.61 Å². The Bertz CT molecular complexity index is 756. The zero-order valence-electron chi connectivity index (χ0n) is 26.0. The molecule has 0 unspecified atom stereocenters. The minimum absolute atomic E-state index is 0.0363. The Balaban J connectivity index is 3.56. The average Bonchev–Trinajstić information content (AvgIpc) is 2.62. The fourth-order valence-electron chi connectivity index (χ4n) is 3.17. The van der Waals surface area contributed by atoms with Crippen LogP contribution in [-0.2, 0) is 22.8 Å². The highest BCUT2D eigenvalue weighted by atomic mass is 127. The zero-order valence-corrected chi connectivity index (χ0v) is 31.2. The molecule has 6 nitrogen and oxygen atoms in total. The number of carbonyl (C=O) groups excluding carboxylic acids is 1. The van der Waals surface area contributed by atoms with Gasteiger partial charge in [0.1, 0.15) is 12.3 Å². The minimum Gasteiger partial charge on any atom is -0.414 e. The fraction of sp³-hybridized carbons (Fsp3) is 0.962. The van der Waals surface area contributed by atoms with Crippen molar-refractivity contribution in [3.05, 3.63) is 0 Å². The van der Waals surface area contributed by atoms with Crippen molar-refractivity contribution in [2.45, 2.75) is 152 Å². The number of nitrogens with one attached hydrogen (secondary N) is 1. The van der Waals surface area contributed by atoms with Crippen LogP contribution in [0, 0.1) is 0 Å². The molecule has 1 heterocycles. The first-order chi connectivity index (χ1) is 15.7. The normalized spacial score (nSPS) is 27.2.